The van der Waals surface area contributed by atoms with Gasteiger partial charge in [-0.15, -0.1) is 11.6 Å². The van der Waals surface area contributed by atoms with Crippen LogP contribution in [0.1, 0.15) is 6.42 Å². The maximum absolute atomic E-state index is 13.1. The number of nitrogens with zero attached hydrogens (tertiary/aromatic N) is 1. The predicted molar refractivity (Wildman–Crippen MR) is 64.1 cm³/mol. The van der Waals surface area contributed by atoms with Gasteiger partial charge in [-0.3, -0.25) is 9.59 Å². The minimum absolute atomic E-state index is 0.0773. The summed E-state index contributed by atoms with van der Waals surface area (Å²) in [4.78, 5) is 23.4. The molecule has 0 N–H and O–H groups in total. The molecule has 1 rings (SSSR count). The van der Waals surface area contributed by atoms with Gasteiger partial charge in [-0.05, 0) is 0 Å². The van der Waals surface area contributed by atoms with Crippen LogP contribution >= 0.6 is 23.4 Å². The Labute approximate surface area is 116 Å². The molecule has 1 aliphatic heterocycles. The van der Waals surface area contributed by atoms with E-state index in [1.165, 1.54) is 11.8 Å². The molecule has 1 aliphatic rings. The molecule has 9 heteroatoms. The maximum Gasteiger partial charge on any atom is 0.383 e. The van der Waals surface area contributed by atoms with Gasteiger partial charge >= 0.3 is 12.3 Å². The molecule has 1 heterocycles. The van der Waals surface area contributed by atoms with Gasteiger partial charge in [0.15, 0.2) is 0 Å². The number of hydrogen-bond donors (Lipinski definition) is 0. The van der Waals surface area contributed by atoms with E-state index in [9.17, 15) is 27.2 Å². The predicted octanol–water partition coefficient (Wildman–Crippen LogP) is 2.03. The normalized spacial score (nSPS) is 20.7. The molecule has 0 radical (unpaired) electrons. The van der Waals surface area contributed by atoms with E-state index in [0.29, 0.717) is 10.7 Å². The second-order valence-corrected chi connectivity index (χ2v) is 5.44. The molecule has 0 aliphatic carbocycles. The van der Waals surface area contributed by atoms with Crippen LogP contribution in [0.25, 0.3) is 0 Å². The van der Waals surface area contributed by atoms with E-state index < -0.39 is 30.1 Å². The Morgan fingerprint density at radius 3 is 2.58 bits per heavy atom. The van der Waals surface area contributed by atoms with Crippen molar-refractivity contribution in [2.45, 2.75) is 24.8 Å². The highest BCUT2D eigenvalue weighted by Crippen LogP contribution is 2.29. The van der Waals surface area contributed by atoms with Crippen LogP contribution in [0.5, 0.6) is 0 Å². The highest BCUT2D eigenvalue weighted by Gasteiger charge is 2.52. The largest absolute Gasteiger partial charge is 0.383 e. The highest BCUT2D eigenvalue weighted by molar-refractivity contribution is 7.99. The summed E-state index contributed by atoms with van der Waals surface area (Å²) in [6.07, 6.45) is -4.25. The van der Waals surface area contributed by atoms with E-state index in [2.05, 4.69) is 0 Å². The molecule has 0 saturated carbocycles. The fourth-order valence-corrected chi connectivity index (χ4v) is 2.86. The summed E-state index contributed by atoms with van der Waals surface area (Å²) in [5.41, 5.74) is 0. The Morgan fingerprint density at radius 1 is 1.42 bits per heavy atom. The number of thioether (sulfide) groups is 1. The number of hydrogen-bond acceptors (Lipinski definition) is 3. The first-order chi connectivity index (χ1) is 8.80. The molecule has 1 fully saturated rings. The molecule has 0 aromatic carbocycles. The van der Waals surface area contributed by atoms with Crippen LogP contribution in [0, 0.1) is 0 Å². The maximum atomic E-state index is 13.1. The first-order valence-corrected chi connectivity index (χ1v) is 7.12. The average molecular weight is 322 g/mol. The van der Waals surface area contributed by atoms with Crippen LogP contribution in [0.3, 0.4) is 0 Å². The molecule has 0 spiro atoms. The second-order valence-electron chi connectivity index (χ2n) is 4.03. The van der Waals surface area contributed by atoms with Gasteiger partial charge in [0.25, 0.3) is 5.91 Å². The van der Waals surface area contributed by atoms with Crippen molar-refractivity contribution in [1.82, 2.24) is 4.90 Å². The number of amides is 1. The number of rotatable bonds is 5. The molecule has 1 unspecified atom stereocenters. The zero-order valence-electron chi connectivity index (χ0n) is 9.75. The van der Waals surface area contributed by atoms with Crippen molar-refractivity contribution in [3.05, 3.63) is 0 Å². The second kappa shape index (κ2) is 6.78. The Hall–Kier alpha value is -0.500. The van der Waals surface area contributed by atoms with E-state index in [-0.39, 0.29) is 24.6 Å². The van der Waals surface area contributed by atoms with Crippen LogP contribution < -0.4 is 0 Å². The topological polar surface area (TPSA) is 37.4 Å². The molecule has 3 nitrogen and oxygen atoms in total. The van der Waals surface area contributed by atoms with Gasteiger partial charge in [-0.2, -0.15) is 20.5 Å². The molecule has 19 heavy (non-hydrogen) atoms. The summed E-state index contributed by atoms with van der Waals surface area (Å²) in [5.74, 6) is -6.72. The van der Waals surface area contributed by atoms with Crippen LogP contribution in [-0.4, -0.2) is 58.9 Å². The molecule has 1 saturated heterocycles. The molecule has 1 atom stereocenters. The molecule has 0 aromatic rings. The highest BCUT2D eigenvalue weighted by atomic mass is 35.5. The van der Waals surface area contributed by atoms with E-state index in [1.54, 1.807) is 0 Å². The Morgan fingerprint density at radius 2 is 2.05 bits per heavy atom. The minimum atomic E-state index is -4.72. The molecule has 110 valence electrons. The zero-order chi connectivity index (χ0) is 14.6. The number of carbonyl (C=O) groups is 2. The van der Waals surface area contributed by atoms with Crippen molar-refractivity contribution in [2.24, 2.45) is 0 Å². The quantitative estimate of drug-likeness (QED) is 0.574. The Kier molecular flexibility index (Phi) is 5.91. The Balaban J connectivity index is 2.82. The van der Waals surface area contributed by atoms with Crippen LogP contribution in [0.15, 0.2) is 0 Å². The minimum Gasteiger partial charge on any atom is -0.332 e. The number of alkyl halides is 5. The number of Topliss-reactive ketones (excluding diaryl/α,β-unsaturated/α-hetero) is 1. The van der Waals surface area contributed by atoms with Crippen molar-refractivity contribution in [1.29, 1.82) is 0 Å². The monoisotopic (exact) mass is 321 g/mol. The van der Waals surface area contributed by atoms with Gasteiger partial charge < -0.3 is 4.90 Å². The van der Waals surface area contributed by atoms with Crippen molar-refractivity contribution in [2.75, 3.05) is 23.9 Å². The third kappa shape index (κ3) is 3.98. The number of carbonyl (C=O) groups excluding carboxylic acids is 2. The van der Waals surface area contributed by atoms with Gasteiger partial charge in [0.05, 0.1) is 5.88 Å². The molecular formula is C10H12ClF4NO2S. The first kappa shape index (κ1) is 16.6. The van der Waals surface area contributed by atoms with Gasteiger partial charge in [-0.25, -0.2) is 8.78 Å². The molecular weight excluding hydrogens is 310 g/mol. The van der Waals surface area contributed by atoms with Gasteiger partial charge in [0.1, 0.15) is 5.78 Å². The summed E-state index contributed by atoms with van der Waals surface area (Å²) in [6.45, 7) is -0.0773. The average Bonchev–Trinajstić information content (AvgIpc) is 2.38. The summed E-state index contributed by atoms with van der Waals surface area (Å²) >= 11 is 6.69. The van der Waals surface area contributed by atoms with Crippen molar-refractivity contribution >= 4 is 35.1 Å². The van der Waals surface area contributed by atoms with E-state index in [4.69, 9.17) is 11.6 Å². The van der Waals surface area contributed by atoms with Crippen LogP contribution in [-0.2, 0) is 9.59 Å². The standard InChI is InChI=1S/C10H12ClF4NO2S/c11-4-7(17)3-6-5-19-2-1-16(6)9(18)10(14,15)8(12)13/h6,8H,1-5H2. The van der Waals surface area contributed by atoms with E-state index in [0.717, 1.165) is 0 Å². The van der Waals surface area contributed by atoms with Crippen molar-refractivity contribution < 1.29 is 27.2 Å². The van der Waals surface area contributed by atoms with Crippen molar-refractivity contribution in [3.8, 4) is 0 Å². The van der Waals surface area contributed by atoms with E-state index in [1.807, 2.05) is 0 Å². The van der Waals surface area contributed by atoms with Crippen LogP contribution in [0.4, 0.5) is 17.6 Å². The summed E-state index contributed by atoms with van der Waals surface area (Å²) in [6, 6.07) is -0.804. The smallest absolute Gasteiger partial charge is 0.332 e. The summed E-state index contributed by atoms with van der Waals surface area (Å²) in [5, 5.41) is 0. The summed E-state index contributed by atoms with van der Waals surface area (Å²) < 4.78 is 50.5. The lowest BCUT2D eigenvalue weighted by atomic mass is 10.1. The third-order valence-corrected chi connectivity index (χ3v) is 4.05. The zero-order valence-corrected chi connectivity index (χ0v) is 11.3. The summed E-state index contributed by atoms with van der Waals surface area (Å²) in [7, 11) is 0. The SMILES string of the molecule is O=C(CCl)CC1CSCCN1C(=O)C(F)(F)C(F)F. The number of halogens is 5. The van der Waals surface area contributed by atoms with Gasteiger partial charge in [-0.1, -0.05) is 0 Å². The van der Waals surface area contributed by atoms with Crippen LogP contribution in [0.2, 0.25) is 0 Å². The Bertz CT molecular complexity index is 356. The number of ketones is 1. The molecule has 0 aromatic heterocycles. The van der Waals surface area contributed by atoms with E-state index >= 15 is 0 Å². The molecule has 0 bridgehead atoms. The third-order valence-electron chi connectivity index (χ3n) is 2.66. The van der Waals surface area contributed by atoms with Gasteiger partial charge in [0, 0.05) is 30.5 Å². The fourth-order valence-electron chi connectivity index (χ4n) is 1.69. The molecule has 1 amide bonds. The van der Waals surface area contributed by atoms with Crippen molar-refractivity contribution in [3.63, 3.8) is 0 Å². The lowest BCUT2D eigenvalue weighted by Gasteiger charge is -2.36. The first-order valence-electron chi connectivity index (χ1n) is 5.43. The fraction of sp³-hybridized carbons (Fsp3) is 0.800. The lowest BCUT2D eigenvalue weighted by Crippen LogP contribution is -2.55. The lowest BCUT2D eigenvalue weighted by molar-refractivity contribution is -0.182. The van der Waals surface area contributed by atoms with Gasteiger partial charge in [0.2, 0.25) is 0 Å².